The van der Waals surface area contributed by atoms with Gasteiger partial charge in [-0.25, -0.2) is 0 Å². The first kappa shape index (κ1) is 11.3. The first-order valence-corrected chi connectivity index (χ1v) is 6.32. The molecule has 0 heterocycles. The van der Waals surface area contributed by atoms with Gasteiger partial charge in [0.2, 0.25) is 0 Å². The zero-order chi connectivity index (χ0) is 9.68. The predicted molar refractivity (Wildman–Crippen MR) is 59.2 cm³/mol. The number of aliphatic hydroxyl groups is 1. The first-order chi connectivity index (χ1) is 6.22. The molecule has 1 fully saturated rings. The van der Waals surface area contributed by atoms with Crippen molar-refractivity contribution in [2.45, 2.75) is 38.8 Å². The molecule has 0 bridgehead atoms. The molecule has 1 aliphatic carbocycles. The smallest absolute Gasteiger partial charge is 0.0592 e. The predicted octanol–water partition coefficient (Wildman–Crippen LogP) is 1.49. The topological polar surface area (TPSA) is 32.3 Å². The molecular weight excluding hydrogens is 182 g/mol. The van der Waals surface area contributed by atoms with Gasteiger partial charge in [0.15, 0.2) is 0 Å². The van der Waals surface area contributed by atoms with E-state index in [1.807, 2.05) is 11.8 Å². The molecule has 1 rings (SSSR count). The lowest BCUT2D eigenvalue weighted by Crippen LogP contribution is -2.36. The summed E-state index contributed by atoms with van der Waals surface area (Å²) >= 11 is 1.94. The maximum atomic E-state index is 9.09. The minimum Gasteiger partial charge on any atom is -0.395 e. The first-order valence-electron chi connectivity index (χ1n) is 5.17. The number of aliphatic hydroxyl groups excluding tert-OH is 1. The van der Waals surface area contributed by atoms with E-state index < -0.39 is 0 Å². The maximum absolute atomic E-state index is 9.09. The van der Waals surface area contributed by atoms with Gasteiger partial charge in [-0.15, -0.1) is 0 Å². The highest BCUT2D eigenvalue weighted by molar-refractivity contribution is 7.99. The molecule has 78 valence electrons. The molecule has 0 amide bonds. The zero-order valence-electron chi connectivity index (χ0n) is 8.62. The van der Waals surface area contributed by atoms with E-state index >= 15 is 0 Å². The minimum absolute atomic E-state index is 0.279. The second-order valence-electron chi connectivity index (χ2n) is 4.25. The van der Waals surface area contributed by atoms with Gasteiger partial charge in [0.1, 0.15) is 0 Å². The summed E-state index contributed by atoms with van der Waals surface area (Å²) in [6, 6.07) is 1.02. The van der Waals surface area contributed by atoms with Crippen LogP contribution in [0.3, 0.4) is 0 Å². The van der Waals surface area contributed by atoms with E-state index in [2.05, 4.69) is 19.2 Å². The SMILES string of the molecule is CC(C)CSCC(CO)NC1CC1. The molecule has 1 saturated carbocycles. The fraction of sp³-hybridized carbons (Fsp3) is 1.00. The average molecular weight is 203 g/mol. The van der Waals surface area contributed by atoms with Crippen molar-refractivity contribution in [2.75, 3.05) is 18.1 Å². The summed E-state index contributed by atoms with van der Waals surface area (Å²) < 4.78 is 0. The molecule has 3 heteroatoms. The highest BCUT2D eigenvalue weighted by atomic mass is 32.2. The van der Waals surface area contributed by atoms with E-state index in [1.54, 1.807) is 0 Å². The van der Waals surface area contributed by atoms with Gasteiger partial charge in [0.25, 0.3) is 0 Å². The Labute approximate surface area is 85.5 Å². The molecule has 0 spiro atoms. The van der Waals surface area contributed by atoms with Gasteiger partial charge in [0.05, 0.1) is 6.61 Å². The summed E-state index contributed by atoms with van der Waals surface area (Å²) in [4.78, 5) is 0. The van der Waals surface area contributed by atoms with E-state index in [0.717, 1.165) is 11.7 Å². The fourth-order valence-electron chi connectivity index (χ4n) is 1.18. The Morgan fingerprint density at radius 3 is 2.54 bits per heavy atom. The fourth-order valence-corrected chi connectivity index (χ4v) is 2.28. The number of hydrogen-bond acceptors (Lipinski definition) is 3. The third-order valence-electron chi connectivity index (χ3n) is 2.04. The lowest BCUT2D eigenvalue weighted by atomic mass is 10.3. The number of nitrogens with one attached hydrogen (secondary N) is 1. The van der Waals surface area contributed by atoms with Crippen LogP contribution in [0.25, 0.3) is 0 Å². The highest BCUT2D eigenvalue weighted by Gasteiger charge is 2.23. The third-order valence-corrected chi connectivity index (χ3v) is 3.58. The maximum Gasteiger partial charge on any atom is 0.0592 e. The Morgan fingerprint density at radius 2 is 2.08 bits per heavy atom. The van der Waals surface area contributed by atoms with Crippen molar-refractivity contribution in [1.29, 1.82) is 0 Å². The molecule has 0 aromatic carbocycles. The van der Waals surface area contributed by atoms with E-state index in [0.29, 0.717) is 12.1 Å². The minimum atomic E-state index is 0.279. The van der Waals surface area contributed by atoms with Crippen LogP contribution in [0.1, 0.15) is 26.7 Å². The van der Waals surface area contributed by atoms with Crippen molar-refractivity contribution in [3.63, 3.8) is 0 Å². The van der Waals surface area contributed by atoms with Gasteiger partial charge in [-0.2, -0.15) is 11.8 Å². The van der Waals surface area contributed by atoms with Crippen LogP contribution in [-0.2, 0) is 0 Å². The molecule has 2 nitrogen and oxygen atoms in total. The lowest BCUT2D eigenvalue weighted by molar-refractivity contribution is 0.253. The van der Waals surface area contributed by atoms with Crippen LogP contribution in [-0.4, -0.2) is 35.3 Å². The largest absolute Gasteiger partial charge is 0.395 e. The van der Waals surface area contributed by atoms with E-state index in [-0.39, 0.29) is 6.61 Å². The van der Waals surface area contributed by atoms with Crippen LogP contribution in [0.15, 0.2) is 0 Å². The van der Waals surface area contributed by atoms with Crippen LogP contribution in [0.2, 0.25) is 0 Å². The van der Waals surface area contributed by atoms with Crippen molar-refractivity contribution in [2.24, 2.45) is 5.92 Å². The molecule has 1 unspecified atom stereocenters. The molecule has 0 radical (unpaired) electrons. The third kappa shape index (κ3) is 5.55. The van der Waals surface area contributed by atoms with Crippen molar-refractivity contribution >= 4 is 11.8 Å². The van der Waals surface area contributed by atoms with Crippen LogP contribution >= 0.6 is 11.8 Å². The summed E-state index contributed by atoms with van der Waals surface area (Å²) in [6.45, 7) is 4.74. The summed E-state index contributed by atoms with van der Waals surface area (Å²) in [6.07, 6.45) is 2.59. The molecular formula is C10H21NOS. The molecule has 1 aliphatic rings. The van der Waals surface area contributed by atoms with E-state index in [1.165, 1.54) is 18.6 Å². The van der Waals surface area contributed by atoms with Crippen LogP contribution in [0, 0.1) is 5.92 Å². The quantitative estimate of drug-likeness (QED) is 0.657. The van der Waals surface area contributed by atoms with Gasteiger partial charge in [-0.05, 0) is 24.5 Å². The number of rotatable bonds is 7. The zero-order valence-corrected chi connectivity index (χ0v) is 9.44. The standard InChI is InChI=1S/C10H21NOS/c1-8(2)6-13-7-10(5-12)11-9-3-4-9/h8-12H,3-7H2,1-2H3. The van der Waals surface area contributed by atoms with Crippen molar-refractivity contribution < 1.29 is 5.11 Å². The molecule has 0 aromatic rings. The van der Waals surface area contributed by atoms with Crippen molar-refractivity contribution in [3.05, 3.63) is 0 Å². The van der Waals surface area contributed by atoms with Gasteiger partial charge < -0.3 is 10.4 Å². The van der Waals surface area contributed by atoms with Crippen molar-refractivity contribution in [1.82, 2.24) is 5.32 Å². The Balaban J connectivity index is 2.01. The molecule has 2 N–H and O–H groups in total. The monoisotopic (exact) mass is 203 g/mol. The number of hydrogen-bond donors (Lipinski definition) is 2. The normalized spacial score (nSPS) is 19.4. The Bertz CT molecular complexity index is 137. The van der Waals surface area contributed by atoms with Crippen LogP contribution in [0.5, 0.6) is 0 Å². The highest BCUT2D eigenvalue weighted by Crippen LogP contribution is 2.20. The van der Waals surface area contributed by atoms with E-state index in [9.17, 15) is 0 Å². The molecule has 0 aromatic heterocycles. The van der Waals surface area contributed by atoms with E-state index in [4.69, 9.17) is 5.11 Å². The second kappa shape index (κ2) is 5.89. The van der Waals surface area contributed by atoms with Gasteiger partial charge in [-0.1, -0.05) is 13.8 Å². The van der Waals surface area contributed by atoms with Gasteiger partial charge in [0, 0.05) is 17.8 Å². The van der Waals surface area contributed by atoms with Crippen molar-refractivity contribution in [3.8, 4) is 0 Å². The van der Waals surface area contributed by atoms with Crippen LogP contribution in [0.4, 0.5) is 0 Å². The average Bonchev–Trinajstić information content (AvgIpc) is 2.86. The number of thioether (sulfide) groups is 1. The molecule has 0 saturated heterocycles. The van der Waals surface area contributed by atoms with Crippen LogP contribution < -0.4 is 5.32 Å². The molecule has 13 heavy (non-hydrogen) atoms. The Morgan fingerprint density at radius 1 is 1.38 bits per heavy atom. The van der Waals surface area contributed by atoms with Gasteiger partial charge in [-0.3, -0.25) is 0 Å². The Kier molecular flexibility index (Phi) is 5.14. The molecule has 0 aliphatic heterocycles. The summed E-state index contributed by atoms with van der Waals surface area (Å²) in [5.41, 5.74) is 0. The second-order valence-corrected chi connectivity index (χ2v) is 5.33. The lowest BCUT2D eigenvalue weighted by Gasteiger charge is -2.15. The Hall–Kier alpha value is 0.270. The summed E-state index contributed by atoms with van der Waals surface area (Å²) in [5, 5.41) is 12.5. The summed E-state index contributed by atoms with van der Waals surface area (Å²) in [7, 11) is 0. The van der Waals surface area contributed by atoms with Gasteiger partial charge >= 0.3 is 0 Å². The summed E-state index contributed by atoms with van der Waals surface area (Å²) in [5.74, 6) is 3.00. The molecule has 1 atom stereocenters.